The van der Waals surface area contributed by atoms with Crippen LogP contribution >= 0.6 is 22.6 Å². The van der Waals surface area contributed by atoms with Crippen LogP contribution in [0.2, 0.25) is 0 Å². The molecular weight excluding hydrogens is 467 g/mol. The molecule has 0 aliphatic heterocycles. The van der Waals surface area contributed by atoms with E-state index in [4.69, 9.17) is 4.74 Å². The third-order valence-electron chi connectivity index (χ3n) is 8.35. The van der Waals surface area contributed by atoms with Gasteiger partial charge in [-0.25, -0.2) is 0 Å². The van der Waals surface area contributed by atoms with E-state index in [1.807, 2.05) is 6.08 Å². The lowest BCUT2D eigenvalue weighted by atomic mass is 9.50. The van der Waals surface area contributed by atoms with Gasteiger partial charge in [-0.15, -0.1) is 0 Å². The molecule has 0 aromatic heterocycles. The minimum atomic E-state index is -0.994. The maximum Gasteiger partial charge on any atom is 0.303 e. The van der Waals surface area contributed by atoms with Crippen molar-refractivity contribution in [3.63, 3.8) is 0 Å². The van der Waals surface area contributed by atoms with Gasteiger partial charge in [-0.1, -0.05) is 53.7 Å². The predicted octanol–water partition coefficient (Wildman–Crippen LogP) is 4.74. The van der Waals surface area contributed by atoms with Crippen LogP contribution < -0.4 is 0 Å². The number of allylic oxidation sites excluding steroid dienone is 4. The third-order valence-corrected chi connectivity index (χ3v) is 9.04. The molecule has 0 radical (unpaired) electrons. The monoisotopic (exact) mass is 496 g/mol. The first kappa shape index (κ1) is 20.3. The molecule has 4 aliphatic rings. The molecule has 4 rings (SSSR count). The number of alkyl halides is 1. The van der Waals surface area contributed by atoms with E-state index in [2.05, 4.69) is 42.5 Å². The van der Waals surface area contributed by atoms with Gasteiger partial charge >= 0.3 is 5.97 Å². The van der Waals surface area contributed by atoms with Gasteiger partial charge < -0.3 is 4.74 Å². The lowest BCUT2D eigenvalue weighted by molar-refractivity contribution is -0.180. The summed E-state index contributed by atoms with van der Waals surface area (Å²) in [5, 5.41) is 0. The molecule has 2 saturated carbocycles. The summed E-state index contributed by atoms with van der Waals surface area (Å²) in [6.07, 6.45) is 10.0. The summed E-state index contributed by atoms with van der Waals surface area (Å²) in [7, 11) is 0. The number of rotatable bonds is 3. The van der Waals surface area contributed by atoms with E-state index in [1.54, 1.807) is 0 Å². The highest BCUT2D eigenvalue weighted by atomic mass is 127. The van der Waals surface area contributed by atoms with Crippen molar-refractivity contribution in [2.45, 2.75) is 71.3 Å². The van der Waals surface area contributed by atoms with Gasteiger partial charge in [0.25, 0.3) is 0 Å². The lowest BCUT2D eigenvalue weighted by Gasteiger charge is -2.55. The highest BCUT2D eigenvalue weighted by molar-refractivity contribution is 14.1. The Kier molecular flexibility index (Phi) is 4.91. The maximum atomic E-state index is 13.1. The van der Waals surface area contributed by atoms with Crippen LogP contribution in [0.25, 0.3) is 0 Å². The Morgan fingerprint density at radius 2 is 1.96 bits per heavy atom. The van der Waals surface area contributed by atoms with Crippen LogP contribution in [0.3, 0.4) is 0 Å². The van der Waals surface area contributed by atoms with Crippen molar-refractivity contribution in [1.29, 1.82) is 0 Å². The Labute approximate surface area is 180 Å². The Balaban J connectivity index is 1.77. The maximum absolute atomic E-state index is 13.1. The minimum absolute atomic E-state index is 0.0158. The Morgan fingerprint density at radius 3 is 2.64 bits per heavy atom. The molecule has 4 aliphatic carbocycles. The van der Waals surface area contributed by atoms with Crippen molar-refractivity contribution in [1.82, 2.24) is 0 Å². The zero-order valence-electron chi connectivity index (χ0n) is 17.0. The van der Waals surface area contributed by atoms with Crippen molar-refractivity contribution < 1.29 is 19.1 Å². The van der Waals surface area contributed by atoms with Crippen molar-refractivity contribution in [2.75, 3.05) is 4.43 Å². The fraction of sp³-hybridized carbons (Fsp3) is 0.696. The van der Waals surface area contributed by atoms with E-state index >= 15 is 0 Å². The Morgan fingerprint density at radius 1 is 1.21 bits per heavy atom. The van der Waals surface area contributed by atoms with Crippen molar-refractivity contribution >= 4 is 40.1 Å². The molecule has 0 aromatic rings. The number of hydrogen-bond acceptors (Lipinski definition) is 4. The first-order chi connectivity index (χ1) is 13.2. The summed E-state index contributed by atoms with van der Waals surface area (Å²) in [5.74, 6) is 0.704. The van der Waals surface area contributed by atoms with Gasteiger partial charge in [0.05, 0.1) is 4.43 Å². The number of carbonyl (C=O) groups excluding carboxylic acids is 3. The van der Waals surface area contributed by atoms with E-state index in [0.29, 0.717) is 29.1 Å². The van der Waals surface area contributed by atoms with Gasteiger partial charge in [0, 0.05) is 24.2 Å². The normalized spacial score (nSPS) is 41.9. The SMILES string of the molecule is CC(=O)O[C@]1(C(=O)CI)CC[C@H]2[C@@H]3CCC4=CC(=O)CC[C@]4(C)C3=CC[C@@]21C. The van der Waals surface area contributed by atoms with Crippen LogP contribution in [0.15, 0.2) is 23.3 Å². The molecule has 0 saturated heterocycles. The summed E-state index contributed by atoms with van der Waals surface area (Å²) >= 11 is 2.10. The summed E-state index contributed by atoms with van der Waals surface area (Å²) in [6.45, 7) is 5.89. The number of ketones is 2. The standard InChI is InChI=1S/C23H29IO4/c1-14(25)28-23(20(27)13-24)11-8-19-17-5-4-15-12-16(26)6-9-21(15,2)18(17)7-10-22(19,23)3/h7,12,17,19H,4-6,8-11,13H2,1-3H3/t17-,19+,21+,22+,23+/m1/s1. The summed E-state index contributed by atoms with van der Waals surface area (Å²) in [4.78, 5) is 37.0. The van der Waals surface area contributed by atoms with Crippen LogP contribution in [0.4, 0.5) is 0 Å². The van der Waals surface area contributed by atoms with Gasteiger partial charge in [0.2, 0.25) is 0 Å². The molecule has 0 spiro atoms. The van der Waals surface area contributed by atoms with Gasteiger partial charge in [-0.2, -0.15) is 0 Å². The third kappa shape index (κ3) is 2.63. The number of Topliss-reactive ketones (excluding diaryl/α,β-unsaturated/α-hetero) is 1. The van der Waals surface area contributed by atoms with Gasteiger partial charge in [-0.05, 0) is 56.4 Å². The summed E-state index contributed by atoms with van der Waals surface area (Å²) < 4.78 is 6.23. The number of fused-ring (bicyclic) bond motifs is 5. The lowest BCUT2D eigenvalue weighted by Crippen LogP contribution is -2.57. The van der Waals surface area contributed by atoms with E-state index in [9.17, 15) is 14.4 Å². The molecule has 0 aromatic carbocycles. The molecule has 2 fully saturated rings. The van der Waals surface area contributed by atoms with Gasteiger partial charge in [-0.3, -0.25) is 14.4 Å². The smallest absolute Gasteiger partial charge is 0.303 e. The molecule has 0 N–H and O–H groups in total. The number of esters is 1. The molecule has 0 unspecified atom stereocenters. The second-order valence-corrected chi connectivity index (χ2v) is 10.3. The number of ether oxygens (including phenoxy) is 1. The topological polar surface area (TPSA) is 60.4 Å². The summed E-state index contributed by atoms with van der Waals surface area (Å²) in [5.41, 5.74) is 1.41. The zero-order chi connectivity index (χ0) is 20.3. The van der Waals surface area contributed by atoms with Crippen LogP contribution in [0, 0.1) is 22.7 Å². The molecule has 152 valence electrons. The predicted molar refractivity (Wildman–Crippen MR) is 115 cm³/mol. The molecule has 5 heteroatoms. The number of carbonyl (C=O) groups is 3. The highest BCUT2D eigenvalue weighted by Crippen LogP contribution is 2.66. The molecule has 0 amide bonds. The van der Waals surface area contributed by atoms with E-state index in [0.717, 1.165) is 32.1 Å². The average Bonchev–Trinajstić information content (AvgIpc) is 2.94. The van der Waals surface area contributed by atoms with E-state index in [-0.39, 0.29) is 28.4 Å². The largest absolute Gasteiger partial charge is 0.451 e. The van der Waals surface area contributed by atoms with Gasteiger partial charge in [0.1, 0.15) is 0 Å². The van der Waals surface area contributed by atoms with Crippen molar-refractivity contribution in [2.24, 2.45) is 22.7 Å². The first-order valence-corrected chi connectivity index (χ1v) is 11.9. The number of hydrogen-bond donors (Lipinski definition) is 0. The summed E-state index contributed by atoms with van der Waals surface area (Å²) in [6, 6.07) is 0. The van der Waals surface area contributed by atoms with Crippen LogP contribution in [0.1, 0.15) is 65.7 Å². The molecule has 28 heavy (non-hydrogen) atoms. The molecule has 0 heterocycles. The highest BCUT2D eigenvalue weighted by Gasteiger charge is 2.66. The average molecular weight is 496 g/mol. The van der Waals surface area contributed by atoms with Crippen molar-refractivity contribution in [3.8, 4) is 0 Å². The number of halogens is 1. The van der Waals surface area contributed by atoms with E-state index in [1.165, 1.54) is 18.1 Å². The first-order valence-electron chi connectivity index (χ1n) is 10.4. The van der Waals surface area contributed by atoms with Crippen molar-refractivity contribution in [3.05, 3.63) is 23.3 Å². The minimum Gasteiger partial charge on any atom is -0.451 e. The Hall–Kier alpha value is -0.980. The fourth-order valence-electron chi connectivity index (χ4n) is 6.89. The van der Waals surface area contributed by atoms with Crippen LogP contribution in [-0.2, 0) is 19.1 Å². The van der Waals surface area contributed by atoms with E-state index < -0.39 is 5.60 Å². The second-order valence-electron chi connectivity index (χ2n) is 9.52. The molecule has 0 bridgehead atoms. The van der Waals surface area contributed by atoms with Gasteiger partial charge in [0.15, 0.2) is 17.2 Å². The van der Waals surface area contributed by atoms with Crippen LogP contribution in [0.5, 0.6) is 0 Å². The van der Waals surface area contributed by atoms with Crippen LogP contribution in [-0.4, -0.2) is 27.6 Å². The molecular formula is C23H29IO4. The molecule has 4 nitrogen and oxygen atoms in total. The second kappa shape index (κ2) is 6.78. The fourth-order valence-corrected chi connectivity index (χ4v) is 7.51. The quantitative estimate of drug-likeness (QED) is 0.245. The molecule has 5 atom stereocenters. The Bertz CT molecular complexity index is 811. The zero-order valence-corrected chi connectivity index (χ0v) is 19.1.